The minimum atomic E-state index is -1.71. The second kappa shape index (κ2) is 9.99. The minimum Gasteiger partial charge on any atom is -0.447 e. The minimum absolute atomic E-state index is 0.0605. The van der Waals surface area contributed by atoms with Gasteiger partial charge in [-0.3, -0.25) is 4.79 Å². The number of benzene rings is 1. The molecule has 140 valence electrons. The van der Waals surface area contributed by atoms with E-state index in [1.165, 1.54) is 6.08 Å². The van der Waals surface area contributed by atoms with E-state index in [1.54, 1.807) is 4.90 Å². The first-order chi connectivity index (χ1) is 12.5. The van der Waals surface area contributed by atoms with Crippen molar-refractivity contribution in [2.45, 2.75) is 37.7 Å². The summed E-state index contributed by atoms with van der Waals surface area (Å²) in [5, 5.41) is 21.5. The zero-order valence-electron chi connectivity index (χ0n) is 14.7. The number of ether oxygens (including phenoxy) is 1. The van der Waals surface area contributed by atoms with Crippen molar-refractivity contribution >= 4 is 19.1 Å². The van der Waals surface area contributed by atoms with Gasteiger partial charge in [0.05, 0.1) is 12.0 Å². The van der Waals surface area contributed by atoms with Crippen LogP contribution in [-0.2, 0) is 16.0 Å². The maximum atomic E-state index is 12.1. The van der Waals surface area contributed by atoms with E-state index in [0.29, 0.717) is 6.54 Å². The first-order valence-corrected chi connectivity index (χ1v) is 8.77. The lowest BCUT2D eigenvalue weighted by atomic mass is 9.76. The monoisotopic (exact) mass is 360 g/mol. The molecule has 1 aliphatic heterocycles. The van der Waals surface area contributed by atoms with Crippen LogP contribution in [0.4, 0.5) is 4.79 Å². The van der Waals surface area contributed by atoms with Crippen molar-refractivity contribution in [2.24, 2.45) is 0 Å². The second-order valence-corrected chi connectivity index (χ2v) is 6.34. The molecule has 1 fully saturated rings. The summed E-state index contributed by atoms with van der Waals surface area (Å²) in [6.07, 6.45) is 3.41. The van der Waals surface area contributed by atoms with Gasteiger partial charge >= 0.3 is 13.2 Å². The number of piperidine rings is 1. The quantitative estimate of drug-likeness (QED) is 0.496. The predicted octanol–water partition coefficient (Wildman–Crippen LogP) is 0.903. The molecule has 2 amide bonds. The standard InChI is InChI=1S/C18H25BN2O5/c1-2-17(22)21-11-7-6-10-15(21)13-26-18(23)20-16(19(24)25)12-14-8-4-3-5-9-14/h2-5,8-9,15-16,24-25H,1,6-7,10-13H2,(H,20,23). The summed E-state index contributed by atoms with van der Waals surface area (Å²) in [5.41, 5.74) is 0.862. The van der Waals surface area contributed by atoms with Crippen LogP contribution >= 0.6 is 0 Å². The number of likely N-dealkylation sites (tertiary alicyclic amines) is 1. The third kappa shape index (κ3) is 5.89. The fourth-order valence-electron chi connectivity index (χ4n) is 3.05. The van der Waals surface area contributed by atoms with Gasteiger partial charge in [0.2, 0.25) is 5.91 Å². The van der Waals surface area contributed by atoms with Gasteiger partial charge in [-0.25, -0.2) is 4.79 Å². The van der Waals surface area contributed by atoms with Crippen molar-refractivity contribution in [3.05, 3.63) is 48.6 Å². The van der Waals surface area contributed by atoms with Crippen molar-refractivity contribution in [1.29, 1.82) is 0 Å². The van der Waals surface area contributed by atoms with Gasteiger partial charge < -0.3 is 25.0 Å². The number of amides is 2. The van der Waals surface area contributed by atoms with Crippen molar-refractivity contribution in [1.82, 2.24) is 10.2 Å². The Morgan fingerprint density at radius 3 is 2.73 bits per heavy atom. The summed E-state index contributed by atoms with van der Waals surface area (Å²) in [5.74, 6) is -1.06. The van der Waals surface area contributed by atoms with Gasteiger partial charge in [-0.2, -0.15) is 0 Å². The van der Waals surface area contributed by atoms with Gasteiger partial charge in [0, 0.05) is 6.54 Å². The highest BCUT2D eigenvalue weighted by Gasteiger charge is 2.29. The van der Waals surface area contributed by atoms with Gasteiger partial charge in [0.25, 0.3) is 0 Å². The fraction of sp³-hybridized carbons (Fsp3) is 0.444. The summed E-state index contributed by atoms with van der Waals surface area (Å²) >= 11 is 0. The zero-order chi connectivity index (χ0) is 18.9. The van der Waals surface area contributed by atoms with E-state index in [4.69, 9.17) is 4.74 Å². The number of hydrogen-bond donors (Lipinski definition) is 3. The van der Waals surface area contributed by atoms with Gasteiger partial charge in [-0.1, -0.05) is 36.9 Å². The lowest BCUT2D eigenvalue weighted by Gasteiger charge is -2.34. The van der Waals surface area contributed by atoms with Crippen molar-refractivity contribution in [3.8, 4) is 0 Å². The van der Waals surface area contributed by atoms with Crippen LogP contribution in [0.5, 0.6) is 0 Å². The largest absolute Gasteiger partial charge is 0.475 e. The van der Waals surface area contributed by atoms with Crippen LogP contribution in [0.15, 0.2) is 43.0 Å². The fourth-order valence-corrected chi connectivity index (χ4v) is 3.05. The Bertz CT molecular complexity index is 611. The maximum absolute atomic E-state index is 12.1. The summed E-state index contributed by atoms with van der Waals surface area (Å²) in [6, 6.07) is 9.01. The van der Waals surface area contributed by atoms with Crippen LogP contribution in [0.3, 0.4) is 0 Å². The molecule has 0 aromatic heterocycles. The molecule has 2 unspecified atom stereocenters. The topological polar surface area (TPSA) is 99.1 Å². The Balaban J connectivity index is 1.87. The summed E-state index contributed by atoms with van der Waals surface area (Å²) in [7, 11) is -1.71. The molecule has 8 heteroatoms. The van der Waals surface area contributed by atoms with Crippen LogP contribution in [0.2, 0.25) is 0 Å². The first kappa shape index (κ1) is 20.0. The van der Waals surface area contributed by atoms with Crippen molar-refractivity contribution in [2.75, 3.05) is 13.2 Å². The van der Waals surface area contributed by atoms with Gasteiger partial charge in [0.1, 0.15) is 6.61 Å². The molecule has 0 bridgehead atoms. The summed E-state index contributed by atoms with van der Waals surface area (Å²) in [4.78, 5) is 25.6. The normalized spacial score (nSPS) is 17.9. The molecule has 2 atom stereocenters. The molecule has 26 heavy (non-hydrogen) atoms. The van der Waals surface area contributed by atoms with Crippen molar-refractivity contribution < 1.29 is 24.4 Å². The molecule has 1 aromatic rings. The number of hydrogen-bond acceptors (Lipinski definition) is 5. The Morgan fingerprint density at radius 2 is 2.08 bits per heavy atom. The summed E-state index contributed by atoms with van der Waals surface area (Å²) in [6.45, 7) is 4.18. The Kier molecular flexibility index (Phi) is 7.68. The van der Waals surface area contributed by atoms with Gasteiger partial charge in [0.15, 0.2) is 0 Å². The third-order valence-corrected chi connectivity index (χ3v) is 4.45. The van der Waals surface area contributed by atoms with Crippen LogP contribution < -0.4 is 5.32 Å². The molecular weight excluding hydrogens is 335 g/mol. The molecule has 7 nitrogen and oxygen atoms in total. The third-order valence-electron chi connectivity index (χ3n) is 4.45. The highest BCUT2D eigenvalue weighted by atomic mass is 16.5. The Hall–Kier alpha value is -2.32. The smallest absolute Gasteiger partial charge is 0.447 e. The second-order valence-electron chi connectivity index (χ2n) is 6.34. The van der Waals surface area contributed by atoms with Crippen LogP contribution in [-0.4, -0.2) is 59.2 Å². The lowest BCUT2D eigenvalue weighted by molar-refractivity contribution is -0.130. The molecule has 2 rings (SSSR count). The predicted molar refractivity (Wildman–Crippen MR) is 98.2 cm³/mol. The number of nitrogens with one attached hydrogen (secondary N) is 1. The van der Waals surface area contributed by atoms with E-state index < -0.39 is 19.2 Å². The Morgan fingerprint density at radius 1 is 1.35 bits per heavy atom. The first-order valence-electron chi connectivity index (χ1n) is 8.77. The van der Waals surface area contributed by atoms with Gasteiger partial charge in [-0.05, 0) is 37.3 Å². The van der Waals surface area contributed by atoms with E-state index in [0.717, 1.165) is 24.8 Å². The van der Waals surface area contributed by atoms with E-state index in [9.17, 15) is 19.6 Å². The Labute approximate surface area is 153 Å². The molecule has 0 radical (unpaired) electrons. The molecule has 0 aliphatic carbocycles. The number of nitrogens with zero attached hydrogens (tertiary/aromatic N) is 1. The van der Waals surface area contributed by atoms with Crippen LogP contribution in [0, 0.1) is 0 Å². The van der Waals surface area contributed by atoms with Crippen molar-refractivity contribution in [3.63, 3.8) is 0 Å². The van der Waals surface area contributed by atoms with Crippen LogP contribution in [0.1, 0.15) is 24.8 Å². The lowest BCUT2D eigenvalue weighted by Crippen LogP contribution is -2.50. The van der Waals surface area contributed by atoms with E-state index in [2.05, 4.69) is 11.9 Å². The van der Waals surface area contributed by atoms with E-state index in [-0.39, 0.29) is 25.0 Å². The molecule has 3 N–H and O–H groups in total. The number of rotatable bonds is 7. The zero-order valence-corrected chi connectivity index (χ0v) is 14.7. The molecule has 1 heterocycles. The maximum Gasteiger partial charge on any atom is 0.475 e. The average molecular weight is 360 g/mol. The highest BCUT2D eigenvalue weighted by molar-refractivity contribution is 6.43. The number of carbonyl (C=O) groups is 2. The summed E-state index contributed by atoms with van der Waals surface area (Å²) < 4.78 is 5.22. The molecule has 0 spiro atoms. The molecule has 0 saturated carbocycles. The highest BCUT2D eigenvalue weighted by Crippen LogP contribution is 2.17. The van der Waals surface area contributed by atoms with Crippen LogP contribution in [0.25, 0.3) is 0 Å². The molecular formula is C18H25BN2O5. The molecule has 1 aromatic carbocycles. The molecule has 1 aliphatic rings. The van der Waals surface area contributed by atoms with Gasteiger partial charge in [-0.15, -0.1) is 0 Å². The SMILES string of the molecule is C=CC(=O)N1CCCCC1COC(=O)NC(Cc1ccccc1)B(O)O. The average Bonchev–Trinajstić information content (AvgIpc) is 2.66. The number of carbonyl (C=O) groups excluding carboxylic acids is 2. The van der Waals surface area contributed by atoms with E-state index >= 15 is 0 Å². The molecule has 1 saturated heterocycles. The number of alkyl carbamates (subject to hydrolysis) is 1. The van der Waals surface area contributed by atoms with E-state index in [1.807, 2.05) is 30.3 Å².